The molecule has 0 aliphatic rings. The number of likely N-dealkylation sites (N-methyl/N-ethyl adjacent to an activating group) is 1. The molecule has 0 saturated carbocycles. The molecule has 0 atom stereocenters. The van der Waals surface area contributed by atoms with Gasteiger partial charge in [-0.1, -0.05) is 66.7 Å². The van der Waals surface area contributed by atoms with Crippen LogP contribution in [0, 0.1) is 0 Å². The lowest BCUT2D eigenvalue weighted by Crippen LogP contribution is -2.15. The molecule has 0 unspecified atom stereocenters. The molecule has 0 spiro atoms. The predicted octanol–water partition coefficient (Wildman–Crippen LogP) is 3.08. The Bertz CT molecular complexity index is 562. The van der Waals surface area contributed by atoms with Crippen LogP contribution in [0.25, 0.3) is 0 Å². The normalized spacial score (nSPS) is 12.2. The maximum atomic E-state index is 13.5. The van der Waals surface area contributed by atoms with Gasteiger partial charge < -0.3 is 9.46 Å². The van der Waals surface area contributed by atoms with E-state index in [2.05, 4.69) is 4.90 Å². The van der Waals surface area contributed by atoms with Crippen molar-refractivity contribution < 1.29 is 4.57 Å². The molecule has 104 valence electrons. The van der Waals surface area contributed by atoms with Crippen molar-refractivity contribution in [1.82, 2.24) is 4.90 Å². The molecule has 3 heteroatoms. The van der Waals surface area contributed by atoms with E-state index < -0.39 is 7.14 Å². The molecule has 0 aromatic heterocycles. The Morgan fingerprint density at radius 1 is 0.900 bits per heavy atom. The lowest BCUT2D eigenvalue weighted by Gasteiger charge is -2.15. The lowest BCUT2D eigenvalue weighted by molar-refractivity contribution is 0.456. The zero-order chi connectivity index (χ0) is 14.4. The summed E-state index contributed by atoms with van der Waals surface area (Å²) < 4.78 is 13.5. The van der Waals surface area contributed by atoms with Gasteiger partial charge in [0, 0.05) is 17.2 Å². The van der Waals surface area contributed by atoms with Crippen LogP contribution in [0.15, 0.2) is 72.6 Å². The first-order chi connectivity index (χ1) is 9.63. The van der Waals surface area contributed by atoms with Gasteiger partial charge in [0.25, 0.3) is 0 Å². The SMILES string of the molecule is CN(C)C/C=C/P(=O)(c1ccccc1)c1ccccc1. The molecule has 0 heterocycles. The Balaban J connectivity index is 2.44. The molecule has 2 aromatic rings. The van der Waals surface area contributed by atoms with Crippen molar-refractivity contribution >= 4 is 17.8 Å². The van der Waals surface area contributed by atoms with Crippen LogP contribution in [0.1, 0.15) is 0 Å². The van der Waals surface area contributed by atoms with Crippen LogP contribution in [-0.4, -0.2) is 25.5 Å². The van der Waals surface area contributed by atoms with Gasteiger partial charge in [-0.3, -0.25) is 0 Å². The van der Waals surface area contributed by atoms with E-state index in [9.17, 15) is 4.57 Å². The molecular weight excluding hydrogens is 265 g/mol. The van der Waals surface area contributed by atoms with E-state index >= 15 is 0 Å². The number of rotatable bonds is 5. The lowest BCUT2D eigenvalue weighted by atomic mass is 10.4. The standard InChI is InChI=1S/C17H20NOP/c1-18(2)14-9-15-20(19,16-10-5-3-6-11-16)17-12-7-4-8-13-17/h3-13,15H,14H2,1-2H3/b15-9+. The summed E-state index contributed by atoms with van der Waals surface area (Å²) >= 11 is 0. The minimum atomic E-state index is -2.69. The largest absolute Gasteiger partial charge is 0.309 e. The third kappa shape index (κ3) is 3.47. The fraction of sp³-hybridized carbons (Fsp3) is 0.176. The summed E-state index contributed by atoms with van der Waals surface area (Å²) in [6.45, 7) is 0.781. The molecule has 0 aliphatic carbocycles. The predicted molar refractivity (Wildman–Crippen MR) is 87.5 cm³/mol. The van der Waals surface area contributed by atoms with E-state index in [-0.39, 0.29) is 0 Å². The van der Waals surface area contributed by atoms with Crippen molar-refractivity contribution in [3.8, 4) is 0 Å². The zero-order valence-corrected chi connectivity index (χ0v) is 12.8. The van der Waals surface area contributed by atoms with Crippen molar-refractivity contribution in [1.29, 1.82) is 0 Å². The summed E-state index contributed by atoms with van der Waals surface area (Å²) in [6.07, 6.45) is 1.99. The Kier molecular flexibility index (Phi) is 4.94. The van der Waals surface area contributed by atoms with Crippen LogP contribution in [0.2, 0.25) is 0 Å². The van der Waals surface area contributed by atoms with Crippen molar-refractivity contribution in [2.24, 2.45) is 0 Å². The average Bonchev–Trinajstić information content (AvgIpc) is 2.48. The topological polar surface area (TPSA) is 20.3 Å². The highest BCUT2D eigenvalue weighted by atomic mass is 31.2. The van der Waals surface area contributed by atoms with Crippen LogP contribution in [-0.2, 0) is 4.57 Å². The quantitative estimate of drug-likeness (QED) is 0.787. The summed E-state index contributed by atoms with van der Waals surface area (Å²) in [5.41, 5.74) is 0. The Morgan fingerprint density at radius 2 is 1.35 bits per heavy atom. The van der Waals surface area contributed by atoms with Gasteiger partial charge in [-0.2, -0.15) is 0 Å². The van der Waals surface area contributed by atoms with Crippen LogP contribution in [0.4, 0.5) is 0 Å². The van der Waals surface area contributed by atoms with E-state index in [4.69, 9.17) is 0 Å². The number of hydrogen-bond acceptors (Lipinski definition) is 2. The molecule has 0 bridgehead atoms. The molecule has 2 aromatic carbocycles. The molecule has 2 rings (SSSR count). The second-order valence-corrected chi connectivity index (χ2v) is 7.62. The van der Waals surface area contributed by atoms with Crippen molar-refractivity contribution in [3.63, 3.8) is 0 Å². The molecule has 0 N–H and O–H groups in total. The Morgan fingerprint density at radius 3 is 1.75 bits per heavy atom. The van der Waals surface area contributed by atoms with E-state index in [1.807, 2.05) is 86.7 Å². The zero-order valence-electron chi connectivity index (χ0n) is 11.9. The smallest absolute Gasteiger partial charge is 0.163 e. The van der Waals surface area contributed by atoms with Gasteiger partial charge in [0.05, 0.1) is 0 Å². The minimum absolute atomic E-state index is 0.781. The van der Waals surface area contributed by atoms with Gasteiger partial charge in [-0.15, -0.1) is 0 Å². The molecular formula is C17H20NOP. The highest BCUT2D eigenvalue weighted by molar-refractivity contribution is 7.81. The maximum Gasteiger partial charge on any atom is 0.163 e. The second kappa shape index (κ2) is 6.69. The van der Waals surface area contributed by atoms with Crippen LogP contribution in [0.5, 0.6) is 0 Å². The van der Waals surface area contributed by atoms with E-state index in [1.54, 1.807) is 0 Å². The summed E-state index contributed by atoms with van der Waals surface area (Å²) in [5, 5.41) is 1.75. The minimum Gasteiger partial charge on any atom is -0.309 e. The summed E-state index contributed by atoms with van der Waals surface area (Å²) in [5.74, 6) is 1.87. The molecule has 0 aliphatic heterocycles. The fourth-order valence-corrected chi connectivity index (χ4v) is 4.29. The molecule has 0 radical (unpaired) electrons. The third-order valence-corrected chi connectivity index (χ3v) is 5.83. The second-order valence-electron chi connectivity index (χ2n) is 4.98. The Hall–Kier alpha value is -1.63. The summed E-state index contributed by atoms with van der Waals surface area (Å²) in [6, 6.07) is 19.4. The van der Waals surface area contributed by atoms with Gasteiger partial charge in [0.15, 0.2) is 7.14 Å². The number of nitrogens with zero attached hydrogens (tertiary/aromatic N) is 1. The van der Waals surface area contributed by atoms with E-state index in [1.165, 1.54) is 0 Å². The fourth-order valence-electron chi connectivity index (χ4n) is 2.03. The molecule has 20 heavy (non-hydrogen) atoms. The highest BCUT2D eigenvalue weighted by Crippen LogP contribution is 2.44. The van der Waals surface area contributed by atoms with Gasteiger partial charge in [0.1, 0.15) is 0 Å². The maximum absolute atomic E-state index is 13.5. The van der Waals surface area contributed by atoms with Crippen molar-refractivity contribution in [3.05, 3.63) is 72.6 Å². The molecule has 0 saturated heterocycles. The first-order valence-electron chi connectivity index (χ1n) is 6.66. The van der Waals surface area contributed by atoms with E-state index in [0.29, 0.717) is 0 Å². The number of hydrogen-bond donors (Lipinski definition) is 0. The first kappa shape index (κ1) is 14.8. The van der Waals surface area contributed by atoms with Crippen LogP contribution >= 0.6 is 7.14 Å². The highest BCUT2D eigenvalue weighted by Gasteiger charge is 2.23. The van der Waals surface area contributed by atoms with Gasteiger partial charge in [-0.05, 0) is 19.9 Å². The first-order valence-corrected chi connectivity index (χ1v) is 8.44. The third-order valence-electron chi connectivity index (χ3n) is 3.07. The molecule has 0 amide bonds. The Labute approximate surface area is 121 Å². The van der Waals surface area contributed by atoms with Crippen LogP contribution in [0.3, 0.4) is 0 Å². The average molecular weight is 285 g/mol. The molecule has 2 nitrogen and oxygen atoms in total. The summed E-state index contributed by atoms with van der Waals surface area (Å²) in [7, 11) is 1.31. The van der Waals surface area contributed by atoms with Gasteiger partial charge >= 0.3 is 0 Å². The summed E-state index contributed by atoms with van der Waals surface area (Å²) in [4.78, 5) is 2.05. The van der Waals surface area contributed by atoms with Crippen LogP contribution < -0.4 is 10.6 Å². The van der Waals surface area contributed by atoms with Crippen molar-refractivity contribution in [2.75, 3.05) is 20.6 Å². The van der Waals surface area contributed by atoms with Gasteiger partial charge in [0.2, 0.25) is 0 Å². The molecule has 0 fully saturated rings. The van der Waals surface area contributed by atoms with E-state index in [0.717, 1.165) is 17.2 Å². The number of benzene rings is 2. The van der Waals surface area contributed by atoms with Crippen molar-refractivity contribution in [2.45, 2.75) is 0 Å². The monoisotopic (exact) mass is 285 g/mol. The van der Waals surface area contributed by atoms with Gasteiger partial charge in [-0.25, -0.2) is 0 Å².